The Labute approximate surface area is 200 Å². The number of carbonyl (C=O) groups excluding carboxylic acids is 1. The van der Waals surface area contributed by atoms with Gasteiger partial charge in [-0.05, 0) is 61.7 Å². The van der Waals surface area contributed by atoms with Crippen LogP contribution in [0.4, 0.5) is 0 Å². The quantitative estimate of drug-likeness (QED) is 0.539. The summed E-state index contributed by atoms with van der Waals surface area (Å²) in [6, 6.07) is 17.6. The van der Waals surface area contributed by atoms with Crippen molar-refractivity contribution in [1.82, 2.24) is 9.62 Å². The van der Waals surface area contributed by atoms with Crippen LogP contribution >= 0.6 is 11.3 Å². The van der Waals surface area contributed by atoms with E-state index in [1.807, 2.05) is 80.7 Å². The van der Waals surface area contributed by atoms with E-state index in [1.165, 1.54) is 4.31 Å². The second-order valence-electron chi connectivity index (χ2n) is 8.77. The zero-order valence-electron chi connectivity index (χ0n) is 19.2. The highest BCUT2D eigenvalue weighted by Crippen LogP contribution is 2.30. The average Bonchev–Trinajstić information content (AvgIpc) is 3.31. The number of carbonyl (C=O) groups is 1. The molecule has 1 N–H and O–H groups in total. The van der Waals surface area contributed by atoms with Gasteiger partial charge in [0.2, 0.25) is 15.9 Å². The molecule has 0 saturated carbocycles. The Balaban J connectivity index is 1.46. The van der Waals surface area contributed by atoms with Crippen molar-refractivity contribution >= 4 is 27.3 Å². The van der Waals surface area contributed by atoms with Gasteiger partial charge in [-0.1, -0.05) is 54.1 Å². The molecule has 2 aromatic carbocycles. The summed E-state index contributed by atoms with van der Waals surface area (Å²) >= 11 is 1.62. The lowest BCUT2D eigenvalue weighted by Crippen LogP contribution is -2.44. The first-order chi connectivity index (χ1) is 15.8. The van der Waals surface area contributed by atoms with Gasteiger partial charge >= 0.3 is 0 Å². The van der Waals surface area contributed by atoms with E-state index in [1.54, 1.807) is 11.3 Å². The van der Waals surface area contributed by atoms with Crippen molar-refractivity contribution in [3.05, 3.63) is 87.1 Å². The maximum absolute atomic E-state index is 13.4. The van der Waals surface area contributed by atoms with Crippen molar-refractivity contribution < 1.29 is 13.2 Å². The summed E-state index contributed by atoms with van der Waals surface area (Å²) in [6.45, 7) is 6.37. The molecule has 0 radical (unpaired) electrons. The van der Waals surface area contributed by atoms with Crippen molar-refractivity contribution in [3.8, 4) is 0 Å². The summed E-state index contributed by atoms with van der Waals surface area (Å²) in [5.41, 5.74) is 3.64. The Hall–Kier alpha value is -2.48. The molecule has 1 unspecified atom stereocenters. The molecular formula is C26H30N2O3S2. The summed E-state index contributed by atoms with van der Waals surface area (Å²) < 4.78 is 28.3. The molecule has 1 saturated heterocycles. The highest BCUT2D eigenvalue weighted by Gasteiger charge is 2.34. The number of sulfonamides is 1. The number of hydrogen-bond acceptors (Lipinski definition) is 4. The van der Waals surface area contributed by atoms with Gasteiger partial charge < -0.3 is 5.32 Å². The van der Waals surface area contributed by atoms with Crippen LogP contribution < -0.4 is 5.32 Å². The molecular weight excluding hydrogens is 452 g/mol. The normalized spacial score (nSPS) is 16.5. The summed E-state index contributed by atoms with van der Waals surface area (Å²) in [5.74, 6) is -0.222. The number of rotatable bonds is 6. The van der Waals surface area contributed by atoms with Crippen molar-refractivity contribution in [2.24, 2.45) is 5.92 Å². The molecule has 1 atom stereocenters. The highest BCUT2D eigenvalue weighted by atomic mass is 32.2. The van der Waals surface area contributed by atoms with E-state index in [-0.39, 0.29) is 17.9 Å². The Morgan fingerprint density at radius 3 is 2.21 bits per heavy atom. The van der Waals surface area contributed by atoms with Gasteiger partial charge in [-0.15, -0.1) is 11.3 Å². The molecule has 1 amide bonds. The molecule has 2 heterocycles. The SMILES string of the molecule is Cc1cc(C)c(S(=O)(=O)N2CCC(C(=O)NC(c3ccccc3)c3cccs3)CC2)c(C)c1. The third-order valence-corrected chi connectivity index (χ3v) is 9.42. The first kappa shape index (κ1) is 23.7. The summed E-state index contributed by atoms with van der Waals surface area (Å²) in [5, 5.41) is 5.23. The molecule has 0 aliphatic carbocycles. The van der Waals surface area contributed by atoms with Crippen molar-refractivity contribution in [2.45, 2.75) is 44.6 Å². The average molecular weight is 483 g/mol. The fourth-order valence-electron chi connectivity index (χ4n) is 4.74. The van der Waals surface area contributed by atoms with Gasteiger partial charge in [0.25, 0.3) is 0 Å². The molecule has 174 valence electrons. The Morgan fingerprint density at radius 1 is 1.00 bits per heavy atom. The molecule has 1 aromatic heterocycles. The van der Waals surface area contributed by atoms with Crippen molar-refractivity contribution in [2.75, 3.05) is 13.1 Å². The first-order valence-electron chi connectivity index (χ1n) is 11.2. The molecule has 5 nitrogen and oxygen atoms in total. The first-order valence-corrected chi connectivity index (χ1v) is 13.6. The number of piperidine rings is 1. The molecule has 33 heavy (non-hydrogen) atoms. The number of nitrogens with one attached hydrogen (secondary N) is 1. The summed E-state index contributed by atoms with van der Waals surface area (Å²) in [7, 11) is -3.59. The zero-order chi connectivity index (χ0) is 23.6. The van der Waals surface area contributed by atoms with Crippen molar-refractivity contribution in [3.63, 3.8) is 0 Å². The van der Waals surface area contributed by atoms with Gasteiger partial charge in [-0.3, -0.25) is 4.79 Å². The second-order valence-corrected chi connectivity index (χ2v) is 11.6. The number of aryl methyl sites for hydroxylation is 3. The number of benzene rings is 2. The molecule has 1 aliphatic rings. The molecule has 0 bridgehead atoms. The summed E-state index contributed by atoms with van der Waals surface area (Å²) in [6.07, 6.45) is 1.03. The van der Waals surface area contributed by atoms with Crippen LogP contribution in [0.5, 0.6) is 0 Å². The van der Waals surface area contributed by atoms with Crippen LogP contribution in [-0.2, 0) is 14.8 Å². The summed E-state index contributed by atoms with van der Waals surface area (Å²) in [4.78, 5) is 14.7. The van der Waals surface area contributed by atoms with Gasteiger partial charge in [-0.25, -0.2) is 8.42 Å². The van der Waals surface area contributed by atoms with Gasteiger partial charge in [0.15, 0.2) is 0 Å². The van der Waals surface area contributed by atoms with Gasteiger partial charge in [0.1, 0.15) is 0 Å². The standard InChI is InChI=1S/C26H30N2O3S2/c1-18-16-19(2)25(20(3)17-18)33(30,31)28-13-11-22(12-14-28)26(29)27-24(23-10-7-15-32-23)21-8-5-4-6-9-21/h4-10,15-17,22,24H,11-14H2,1-3H3,(H,27,29). The Morgan fingerprint density at radius 2 is 1.64 bits per heavy atom. The van der Waals surface area contributed by atoms with E-state index in [0.29, 0.717) is 30.8 Å². The van der Waals surface area contributed by atoms with Crippen LogP contribution in [0.1, 0.15) is 46.0 Å². The molecule has 7 heteroatoms. The fraction of sp³-hybridized carbons (Fsp3) is 0.346. The maximum Gasteiger partial charge on any atom is 0.243 e. The van der Waals surface area contributed by atoms with Crippen LogP contribution in [0.25, 0.3) is 0 Å². The molecule has 3 aromatic rings. The second kappa shape index (κ2) is 9.79. The monoisotopic (exact) mass is 482 g/mol. The van der Waals surface area contributed by atoms with E-state index in [9.17, 15) is 13.2 Å². The van der Waals surface area contributed by atoms with Crippen LogP contribution in [0.15, 0.2) is 64.9 Å². The van der Waals surface area contributed by atoms with E-state index >= 15 is 0 Å². The van der Waals surface area contributed by atoms with Crippen molar-refractivity contribution in [1.29, 1.82) is 0 Å². The van der Waals surface area contributed by atoms with Gasteiger partial charge in [-0.2, -0.15) is 4.31 Å². The zero-order valence-corrected chi connectivity index (χ0v) is 20.9. The van der Waals surface area contributed by atoms with Gasteiger partial charge in [0.05, 0.1) is 10.9 Å². The molecule has 1 fully saturated rings. The Kier molecular flexibility index (Phi) is 7.02. The number of nitrogens with zero attached hydrogens (tertiary/aromatic N) is 1. The Bertz CT molecular complexity index is 1190. The van der Waals surface area contributed by atoms with E-state index < -0.39 is 10.0 Å². The lowest BCUT2D eigenvalue weighted by Gasteiger charge is -2.32. The number of hydrogen-bond donors (Lipinski definition) is 1. The number of amides is 1. The van der Waals surface area contributed by atoms with Crippen LogP contribution in [0.3, 0.4) is 0 Å². The minimum Gasteiger partial charge on any atom is -0.344 e. The molecule has 0 spiro atoms. The maximum atomic E-state index is 13.4. The predicted octanol–water partition coefficient (Wildman–Crippen LogP) is 4.98. The van der Waals surface area contributed by atoms with E-state index in [2.05, 4.69) is 5.32 Å². The lowest BCUT2D eigenvalue weighted by molar-refractivity contribution is -0.126. The van der Waals surface area contributed by atoms with Crippen LogP contribution in [-0.4, -0.2) is 31.7 Å². The van der Waals surface area contributed by atoms with E-state index in [0.717, 1.165) is 27.1 Å². The minimum absolute atomic E-state index is 0.0167. The molecule has 1 aliphatic heterocycles. The third kappa shape index (κ3) is 5.05. The lowest BCUT2D eigenvalue weighted by atomic mass is 9.96. The predicted molar refractivity (Wildman–Crippen MR) is 133 cm³/mol. The smallest absolute Gasteiger partial charge is 0.243 e. The van der Waals surface area contributed by atoms with E-state index in [4.69, 9.17) is 0 Å². The topological polar surface area (TPSA) is 66.5 Å². The third-order valence-electron chi connectivity index (χ3n) is 6.27. The number of thiophene rings is 1. The van der Waals surface area contributed by atoms with Gasteiger partial charge in [0, 0.05) is 23.9 Å². The fourth-order valence-corrected chi connectivity index (χ4v) is 7.42. The highest BCUT2D eigenvalue weighted by molar-refractivity contribution is 7.89. The van der Waals surface area contributed by atoms with Crippen LogP contribution in [0.2, 0.25) is 0 Å². The largest absolute Gasteiger partial charge is 0.344 e. The molecule has 4 rings (SSSR count). The van der Waals surface area contributed by atoms with Crippen LogP contribution in [0, 0.1) is 26.7 Å². The minimum atomic E-state index is -3.59.